The van der Waals surface area contributed by atoms with Gasteiger partial charge >= 0.3 is 0 Å². The van der Waals surface area contributed by atoms with E-state index in [1.165, 1.54) is 6.07 Å². The molecule has 0 aromatic heterocycles. The predicted octanol–water partition coefficient (Wildman–Crippen LogP) is 4.05. The van der Waals surface area contributed by atoms with Gasteiger partial charge in [-0.3, -0.25) is 0 Å². The molecule has 17 heavy (non-hydrogen) atoms. The van der Waals surface area contributed by atoms with Crippen LogP contribution < -0.4 is 5.32 Å². The van der Waals surface area contributed by atoms with Crippen LogP contribution in [0, 0.1) is 11.7 Å². The zero-order chi connectivity index (χ0) is 12.8. The second kappa shape index (κ2) is 6.97. The van der Waals surface area contributed by atoms with Crippen molar-refractivity contribution in [3.8, 4) is 0 Å². The van der Waals surface area contributed by atoms with Gasteiger partial charge in [0.15, 0.2) is 0 Å². The number of benzene rings is 1. The van der Waals surface area contributed by atoms with Crippen LogP contribution in [0.1, 0.15) is 32.3 Å². The Balaban J connectivity index is 2.80. The van der Waals surface area contributed by atoms with Crippen LogP contribution in [0.4, 0.5) is 4.39 Å². The molecule has 1 nitrogen and oxygen atoms in total. The highest BCUT2D eigenvalue weighted by Gasteiger charge is 2.18. The highest BCUT2D eigenvalue weighted by Crippen LogP contribution is 2.23. The second-order valence-electron chi connectivity index (χ2n) is 4.57. The van der Waals surface area contributed by atoms with Gasteiger partial charge in [-0.1, -0.05) is 37.9 Å². The lowest BCUT2D eigenvalue weighted by Crippen LogP contribution is -2.34. The molecule has 1 aromatic carbocycles. The number of rotatable bonds is 6. The topological polar surface area (TPSA) is 12.0 Å². The summed E-state index contributed by atoms with van der Waals surface area (Å²) < 4.78 is 13.7. The van der Waals surface area contributed by atoms with E-state index in [4.69, 9.17) is 11.6 Å². The summed E-state index contributed by atoms with van der Waals surface area (Å²) in [7, 11) is 1.92. The first-order valence-corrected chi connectivity index (χ1v) is 6.58. The lowest BCUT2D eigenvalue weighted by Gasteiger charge is -2.24. The fourth-order valence-corrected chi connectivity index (χ4v) is 2.43. The van der Waals surface area contributed by atoms with E-state index in [0.29, 0.717) is 22.9 Å². The third-order valence-electron chi connectivity index (χ3n) is 3.29. The van der Waals surface area contributed by atoms with Crippen LogP contribution in [0.2, 0.25) is 5.02 Å². The molecule has 1 aromatic rings. The maximum Gasteiger partial charge on any atom is 0.127 e. The molecule has 96 valence electrons. The average molecular weight is 258 g/mol. The maximum atomic E-state index is 13.7. The molecule has 0 spiro atoms. The maximum absolute atomic E-state index is 13.7. The number of likely N-dealkylation sites (N-methyl/N-ethyl adjacent to an activating group) is 1. The summed E-state index contributed by atoms with van der Waals surface area (Å²) >= 11 is 6.04. The molecule has 2 unspecified atom stereocenters. The molecule has 0 amide bonds. The lowest BCUT2D eigenvalue weighted by molar-refractivity contribution is 0.368. The molecule has 0 aliphatic carbocycles. The van der Waals surface area contributed by atoms with Crippen LogP contribution in [0.3, 0.4) is 0 Å². The Morgan fingerprint density at radius 2 is 2.12 bits per heavy atom. The molecule has 2 atom stereocenters. The molecule has 1 N–H and O–H groups in total. The summed E-state index contributed by atoms with van der Waals surface area (Å²) in [5.41, 5.74) is 0.622. The fourth-order valence-electron chi connectivity index (χ4n) is 2.19. The minimum atomic E-state index is -0.207. The van der Waals surface area contributed by atoms with Gasteiger partial charge in [-0.25, -0.2) is 4.39 Å². The number of hydrogen-bond acceptors (Lipinski definition) is 1. The minimum absolute atomic E-state index is 0.207. The van der Waals surface area contributed by atoms with Gasteiger partial charge in [-0.15, -0.1) is 0 Å². The Labute approximate surface area is 108 Å². The molecule has 0 saturated heterocycles. The Morgan fingerprint density at radius 1 is 1.41 bits per heavy atom. The Kier molecular flexibility index (Phi) is 5.93. The Bertz CT molecular complexity index is 334. The quantitative estimate of drug-likeness (QED) is 0.811. The van der Waals surface area contributed by atoms with Crippen LogP contribution in [0.25, 0.3) is 0 Å². The zero-order valence-corrected chi connectivity index (χ0v) is 11.5. The van der Waals surface area contributed by atoms with E-state index >= 15 is 0 Å². The van der Waals surface area contributed by atoms with Gasteiger partial charge in [0.25, 0.3) is 0 Å². The largest absolute Gasteiger partial charge is 0.316 e. The average Bonchev–Trinajstić information content (AvgIpc) is 2.29. The van der Waals surface area contributed by atoms with Crippen LogP contribution in [0.15, 0.2) is 18.2 Å². The van der Waals surface area contributed by atoms with Gasteiger partial charge in [-0.05, 0) is 37.9 Å². The summed E-state index contributed by atoms with van der Waals surface area (Å²) in [6, 6.07) is 5.13. The van der Waals surface area contributed by atoms with Gasteiger partial charge in [-0.2, -0.15) is 0 Å². The van der Waals surface area contributed by atoms with Crippen molar-refractivity contribution >= 4 is 11.6 Å². The molecular weight excluding hydrogens is 237 g/mol. The van der Waals surface area contributed by atoms with Crippen molar-refractivity contribution in [1.82, 2.24) is 5.32 Å². The van der Waals surface area contributed by atoms with Crippen molar-refractivity contribution in [2.75, 3.05) is 7.05 Å². The summed E-state index contributed by atoms with van der Waals surface area (Å²) in [5, 5.41) is 3.79. The molecular formula is C14H21ClFN. The van der Waals surface area contributed by atoms with E-state index in [9.17, 15) is 4.39 Å². The standard InChI is InChI=1S/C14H21ClFN/c1-4-6-10(2)14(17-3)9-11-12(15)7-5-8-13(11)16/h5,7-8,10,14,17H,4,6,9H2,1-3H3. The van der Waals surface area contributed by atoms with Gasteiger partial charge in [0, 0.05) is 16.6 Å². The van der Waals surface area contributed by atoms with Crippen LogP contribution in [-0.4, -0.2) is 13.1 Å². The predicted molar refractivity (Wildman–Crippen MR) is 72.0 cm³/mol. The van der Waals surface area contributed by atoms with E-state index < -0.39 is 0 Å². The van der Waals surface area contributed by atoms with Crippen molar-refractivity contribution in [2.24, 2.45) is 5.92 Å². The molecule has 0 bridgehead atoms. The van der Waals surface area contributed by atoms with Gasteiger partial charge in [0.1, 0.15) is 5.82 Å². The summed E-state index contributed by atoms with van der Waals surface area (Å²) in [5.74, 6) is 0.308. The molecule has 0 fully saturated rings. The Morgan fingerprint density at radius 3 is 2.65 bits per heavy atom. The molecule has 0 radical (unpaired) electrons. The third-order valence-corrected chi connectivity index (χ3v) is 3.64. The number of hydrogen-bond donors (Lipinski definition) is 1. The lowest BCUT2D eigenvalue weighted by atomic mass is 9.91. The Hall–Kier alpha value is -0.600. The van der Waals surface area contributed by atoms with Crippen molar-refractivity contribution in [2.45, 2.75) is 39.2 Å². The number of halogens is 2. The summed E-state index contributed by atoms with van der Waals surface area (Å²) in [6.07, 6.45) is 2.92. The smallest absolute Gasteiger partial charge is 0.127 e. The highest BCUT2D eigenvalue weighted by atomic mass is 35.5. The van der Waals surface area contributed by atoms with E-state index in [-0.39, 0.29) is 11.9 Å². The van der Waals surface area contributed by atoms with Crippen molar-refractivity contribution in [1.29, 1.82) is 0 Å². The molecule has 0 heterocycles. The van der Waals surface area contributed by atoms with Gasteiger partial charge in [0.2, 0.25) is 0 Å². The molecule has 0 saturated carbocycles. The minimum Gasteiger partial charge on any atom is -0.316 e. The van der Waals surface area contributed by atoms with E-state index in [1.54, 1.807) is 12.1 Å². The first-order chi connectivity index (χ1) is 8.10. The van der Waals surface area contributed by atoms with E-state index in [0.717, 1.165) is 12.8 Å². The fraction of sp³-hybridized carbons (Fsp3) is 0.571. The van der Waals surface area contributed by atoms with Gasteiger partial charge in [0.05, 0.1) is 0 Å². The first kappa shape index (κ1) is 14.5. The van der Waals surface area contributed by atoms with Crippen LogP contribution in [0.5, 0.6) is 0 Å². The van der Waals surface area contributed by atoms with Crippen molar-refractivity contribution in [3.63, 3.8) is 0 Å². The monoisotopic (exact) mass is 257 g/mol. The molecule has 0 aliphatic heterocycles. The SMILES string of the molecule is CCCC(C)C(Cc1c(F)cccc1Cl)NC. The second-order valence-corrected chi connectivity index (χ2v) is 4.97. The molecule has 3 heteroatoms. The zero-order valence-electron chi connectivity index (χ0n) is 10.8. The molecule has 0 aliphatic rings. The van der Waals surface area contributed by atoms with E-state index in [1.807, 2.05) is 7.05 Å². The van der Waals surface area contributed by atoms with Crippen molar-refractivity contribution in [3.05, 3.63) is 34.6 Å². The summed E-state index contributed by atoms with van der Waals surface area (Å²) in [4.78, 5) is 0. The van der Waals surface area contributed by atoms with E-state index in [2.05, 4.69) is 19.2 Å². The normalized spacial score (nSPS) is 14.6. The first-order valence-electron chi connectivity index (χ1n) is 6.20. The third kappa shape index (κ3) is 3.97. The van der Waals surface area contributed by atoms with Crippen LogP contribution >= 0.6 is 11.6 Å². The number of nitrogens with one attached hydrogen (secondary N) is 1. The van der Waals surface area contributed by atoms with Crippen LogP contribution in [-0.2, 0) is 6.42 Å². The summed E-state index contributed by atoms with van der Waals surface area (Å²) in [6.45, 7) is 4.36. The van der Waals surface area contributed by atoms with Crippen molar-refractivity contribution < 1.29 is 4.39 Å². The molecule has 1 rings (SSSR count). The highest BCUT2D eigenvalue weighted by molar-refractivity contribution is 6.31. The van der Waals surface area contributed by atoms with Gasteiger partial charge < -0.3 is 5.32 Å².